The Kier molecular flexibility index (Phi) is 6.37. The van der Waals surface area contributed by atoms with Gasteiger partial charge >= 0.3 is 6.18 Å². The molecule has 0 saturated carbocycles. The number of halogens is 3. The molecule has 5 heteroatoms. The normalized spacial score (nSPS) is 16.3. The Balaban J connectivity index is 3.12. The number of alkyl halides is 3. The van der Waals surface area contributed by atoms with Crippen LogP contribution in [0, 0.1) is 23.2 Å². The van der Waals surface area contributed by atoms with E-state index in [1.54, 1.807) is 51.1 Å². The molecule has 1 aromatic rings. The number of benzene rings is 1. The molecule has 0 saturated heterocycles. The fourth-order valence-electron chi connectivity index (χ4n) is 2.61. The Morgan fingerprint density at radius 3 is 1.92 bits per heavy atom. The second-order valence-corrected chi connectivity index (χ2v) is 7.39. The van der Waals surface area contributed by atoms with E-state index in [0.717, 1.165) is 6.92 Å². The van der Waals surface area contributed by atoms with Crippen LogP contribution in [0.1, 0.15) is 51.4 Å². The number of ketones is 2. The summed E-state index contributed by atoms with van der Waals surface area (Å²) in [6, 6.07) is 8.24. The van der Waals surface area contributed by atoms with Crippen molar-refractivity contribution in [2.75, 3.05) is 0 Å². The number of hydrogen-bond donors (Lipinski definition) is 0. The van der Waals surface area contributed by atoms with Gasteiger partial charge < -0.3 is 0 Å². The van der Waals surface area contributed by atoms with Crippen molar-refractivity contribution in [1.82, 2.24) is 0 Å². The molecule has 0 fully saturated rings. The van der Waals surface area contributed by atoms with E-state index >= 15 is 0 Å². The van der Waals surface area contributed by atoms with Gasteiger partial charge in [-0.1, -0.05) is 65.0 Å². The number of hydrogen-bond acceptors (Lipinski definition) is 2. The summed E-state index contributed by atoms with van der Waals surface area (Å²) < 4.78 is 39.7. The summed E-state index contributed by atoms with van der Waals surface area (Å²) in [5.74, 6) is -4.33. The van der Waals surface area contributed by atoms with Crippen LogP contribution >= 0.6 is 0 Å². The van der Waals surface area contributed by atoms with E-state index in [4.69, 9.17) is 0 Å². The fraction of sp³-hybridized carbons (Fsp3) is 0.579. The quantitative estimate of drug-likeness (QED) is 0.655. The molecular formula is C19H25F3O2. The van der Waals surface area contributed by atoms with Gasteiger partial charge in [0.15, 0.2) is 5.78 Å². The Morgan fingerprint density at radius 1 is 1.00 bits per heavy atom. The lowest BCUT2D eigenvalue weighted by Gasteiger charge is -2.31. The molecule has 0 spiro atoms. The smallest absolute Gasteiger partial charge is 0.299 e. The van der Waals surface area contributed by atoms with Gasteiger partial charge in [0.1, 0.15) is 5.78 Å². The van der Waals surface area contributed by atoms with Crippen molar-refractivity contribution in [2.45, 2.75) is 47.2 Å². The Morgan fingerprint density at radius 2 is 1.50 bits per heavy atom. The average molecular weight is 342 g/mol. The van der Waals surface area contributed by atoms with Gasteiger partial charge in [0.05, 0.1) is 5.92 Å². The molecule has 1 aromatic carbocycles. The first kappa shape index (κ1) is 20.4. The molecule has 3 atom stereocenters. The molecule has 0 heterocycles. The summed E-state index contributed by atoms with van der Waals surface area (Å²) in [5.41, 5.74) is -0.369. The van der Waals surface area contributed by atoms with E-state index in [2.05, 4.69) is 0 Å². The molecule has 0 N–H and O–H groups in total. The zero-order valence-electron chi connectivity index (χ0n) is 14.8. The topological polar surface area (TPSA) is 34.1 Å². The van der Waals surface area contributed by atoms with E-state index in [9.17, 15) is 22.8 Å². The average Bonchev–Trinajstić information content (AvgIpc) is 2.49. The molecule has 0 aromatic heterocycles. The Labute approximate surface area is 141 Å². The molecule has 0 aliphatic carbocycles. The first-order valence-electron chi connectivity index (χ1n) is 8.05. The maximum Gasteiger partial charge on any atom is 0.391 e. The summed E-state index contributed by atoms with van der Waals surface area (Å²) in [6.45, 7) is 7.56. The molecule has 0 aliphatic rings. The zero-order valence-corrected chi connectivity index (χ0v) is 14.8. The molecule has 0 bridgehead atoms. The Bertz CT molecular complexity index is 571. The van der Waals surface area contributed by atoms with Crippen LogP contribution in [0.4, 0.5) is 13.2 Å². The minimum Gasteiger partial charge on any atom is -0.299 e. The SMILES string of the molecule is C[C@H]([C@@H](CC(=O)C(C)(C)C)[C@@H](C)C(=O)c1ccccc1)C(F)(F)F. The van der Waals surface area contributed by atoms with Gasteiger partial charge in [0.25, 0.3) is 0 Å². The summed E-state index contributed by atoms with van der Waals surface area (Å²) in [5, 5.41) is 0. The van der Waals surface area contributed by atoms with Crippen molar-refractivity contribution in [3.63, 3.8) is 0 Å². The van der Waals surface area contributed by atoms with Gasteiger partial charge in [-0.05, 0) is 5.92 Å². The molecular weight excluding hydrogens is 317 g/mol. The molecule has 2 nitrogen and oxygen atoms in total. The van der Waals surface area contributed by atoms with Crippen LogP contribution in [0.25, 0.3) is 0 Å². The van der Waals surface area contributed by atoms with Crippen LogP contribution < -0.4 is 0 Å². The highest BCUT2D eigenvalue weighted by Crippen LogP contribution is 2.39. The van der Waals surface area contributed by atoms with Gasteiger partial charge in [-0.15, -0.1) is 0 Å². The van der Waals surface area contributed by atoms with E-state index in [-0.39, 0.29) is 18.0 Å². The van der Waals surface area contributed by atoms with Crippen molar-refractivity contribution < 1.29 is 22.8 Å². The first-order valence-corrected chi connectivity index (χ1v) is 8.05. The largest absolute Gasteiger partial charge is 0.391 e. The zero-order chi connectivity index (χ0) is 18.7. The van der Waals surface area contributed by atoms with Crippen LogP contribution in [0.2, 0.25) is 0 Å². The molecule has 0 amide bonds. The second kappa shape index (κ2) is 7.49. The third kappa shape index (κ3) is 5.18. The molecule has 0 aliphatic heterocycles. The maximum absolute atomic E-state index is 13.2. The van der Waals surface area contributed by atoms with E-state index in [1.165, 1.54) is 6.92 Å². The first-order chi connectivity index (χ1) is 10.9. The summed E-state index contributed by atoms with van der Waals surface area (Å²) in [7, 11) is 0. The van der Waals surface area contributed by atoms with Crippen LogP contribution in [-0.2, 0) is 4.79 Å². The Hall–Kier alpha value is -1.65. The molecule has 0 radical (unpaired) electrons. The van der Waals surface area contributed by atoms with Crippen LogP contribution in [0.3, 0.4) is 0 Å². The third-order valence-corrected chi connectivity index (χ3v) is 4.53. The van der Waals surface area contributed by atoms with Gasteiger partial charge in [0.2, 0.25) is 0 Å². The highest BCUT2D eigenvalue weighted by Gasteiger charge is 2.46. The number of carbonyl (C=O) groups excluding carboxylic acids is 2. The molecule has 134 valence electrons. The standard InChI is InChI=1S/C19H25F3O2/c1-12(17(24)14-9-7-6-8-10-14)15(13(2)19(20,21)22)11-16(23)18(3,4)5/h6-10,12-13,15H,11H2,1-5H3/t12-,13-,15+/m1/s1. The fourth-order valence-corrected chi connectivity index (χ4v) is 2.61. The van der Waals surface area contributed by atoms with Crippen molar-refractivity contribution in [3.05, 3.63) is 35.9 Å². The predicted molar refractivity (Wildman–Crippen MR) is 87.7 cm³/mol. The van der Waals surface area contributed by atoms with Gasteiger partial charge in [0, 0.05) is 23.3 Å². The summed E-state index contributed by atoms with van der Waals surface area (Å²) in [4.78, 5) is 24.9. The lowest BCUT2D eigenvalue weighted by atomic mass is 9.73. The number of carbonyl (C=O) groups is 2. The minimum atomic E-state index is -4.45. The van der Waals surface area contributed by atoms with Crippen LogP contribution in [0.5, 0.6) is 0 Å². The summed E-state index contributed by atoms with van der Waals surface area (Å²) in [6.07, 6.45) is -4.71. The van der Waals surface area contributed by atoms with E-state index in [1.807, 2.05) is 0 Å². The molecule has 24 heavy (non-hydrogen) atoms. The third-order valence-electron chi connectivity index (χ3n) is 4.53. The van der Waals surface area contributed by atoms with Gasteiger partial charge in [-0.25, -0.2) is 0 Å². The lowest BCUT2D eigenvalue weighted by Crippen LogP contribution is -2.38. The monoisotopic (exact) mass is 342 g/mol. The highest BCUT2D eigenvalue weighted by molar-refractivity contribution is 5.98. The van der Waals surface area contributed by atoms with Gasteiger partial charge in [-0.2, -0.15) is 13.2 Å². The van der Waals surface area contributed by atoms with E-state index in [0.29, 0.717) is 5.56 Å². The van der Waals surface area contributed by atoms with Crippen molar-refractivity contribution in [1.29, 1.82) is 0 Å². The van der Waals surface area contributed by atoms with Gasteiger partial charge in [-0.3, -0.25) is 9.59 Å². The second-order valence-electron chi connectivity index (χ2n) is 7.39. The maximum atomic E-state index is 13.2. The van der Waals surface area contributed by atoms with Crippen molar-refractivity contribution in [3.8, 4) is 0 Å². The van der Waals surface area contributed by atoms with Crippen LogP contribution in [0.15, 0.2) is 30.3 Å². The van der Waals surface area contributed by atoms with Crippen LogP contribution in [-0.4, -0.2) is 17.7 Å². The molecule has 0 unspecified atom stereocenters. The minimum absolute atomic E-state index is 0.260. The summed E-state index contributed by atoms with van der Waals surface area (Å²) >= 11 is 0. The van der Waals surface area contributed by atoms with Crippen molar-refractivity contribution >= 4 is 11.6 Å². The van der Waals surface area contributed by atoms with E-state index < -0.39 is 29.3 Å². The highest BCUT2D eigenvalue weighted by atomic mass is 19.4. The molecule has 1 rings (SSSR count). The number of Topliss-reactive ketones (excluding diaryl/α,β-unsaturated/α-hetero) is 2. The van der Waals surface area contributed by atoms with Crippen molar-refractivity contribution in [2.24, 2.45) is 23.2 Å². The number of rotatable bonds is 6. The predicted octanol–water partition coefficient (Wildman–Crippen LogP) is 5.33. The lowest BCUT2D eigenvalue weighted by molar-refractivity contribution is -0.187.